The molecular weight excluding hydrogens is 180 g/mol. The van der Waals surface area contributed by atoms with E-state index in [1.807, 2.05) is 0 Å². The number of nitrogen functional groups attached to an aromatic ring is 1. The van der Waals surface area contributed by atoms with E-state index in [1.165, 1.54) is 11.3 Å². The number of aromatic nitrogens is 1. The van der Waals surface area contributed by atoms with Crippen molar-refractivity contribution in [3.05, 3.63) is 10.0 Å². The maximum absolute atomic E-state index is 5.86. The predicted molar refractivity (Wildman–Crippen MR) is 50.1 cm³/mol. The van der Waals surface area contributed by atoms with Gasteiger partial charge in [0.2, 0.25) is 0 Å². The van der Waals surface area contributed by atoms with E-state index in [2.05, 4.69) is 11.9 Å². The monoisotopic (exact) mass is 190 g/mol. The van der Waals surface area contributed by atoms with Crippen LogP contribution in [0.5, 0.6) is 0 Å². The zero-order valence-corrected chi connectivity index (χ0v) is 8.00. The highest BCUT2D eigenvalue weighted by atomic mass is 35.5. The largest absolute Gasteiger partial charge is 0.375 e. The molecule has 1 heterocycles. The maximum atomic E-state index is 5.86. The number of aryl methyl sites for hydroxylation is 1. The summed E-state index contributed by atoms with van der Waals surface area (Å²) in [7, 11) is 0. The first-order valence-corrected chi connectivity index (χ1v) is 4.84. The topological polar surface area (TPSA) is 38.9 Å². The molecule has 2 N–H and O–H groups in total. The van der Waals surface area contributed by atoms with Gasteiger partial charge in [-0.05, 0) is 12.8 Å². The van der Waals surface area contributed by atoms with Crippen molar-refractivity contribution in [3.63, 3.8) is 0 Å². The lowest BCUT2D eigenvalue weighted by Gasteiger charge is -1.92. The molecule has 0 saturated carbocycles. The molecule has 4 heteroatoms. The SMILES string of the molecule is CCCCc1nc(N)sc1Cl. The van der Waals surface area contributed by atoms with Crippen molar-refractivity contribution < 1.29 is 0 Å². The third-order valence-electron chi connectivity index (χ3n) is 1.43. The van der Waals surface area contributed by atoms with Gasteiger partial charge in [0.1, 0.15) is 4.34 Å². The Morgan fingerprint density at radius 2 is 2.36 bits per heavy atom. The number of nitrogens with zero attached hydrogens (tertiary/aromatic N) is 1. The summed E-state index contributed by atoms with van der Waals surface area (Å²) in [6, 6.07) is 0. The number of hydrogen-bond donors (Lipinski definition) is 1. The number of thiazole rings is 1. The molecule has 0 fully saturated rings. The zero-order valence-electron chi connectivity index (χ0n) is 6.43. The fraction of sp³-hybridized carbons (Fsp3) is 0.571. The van der Waals surface area contributed by atoms with Crippen molar-refractivity contribution in [2.24, 2.45) is 0 Å². The Balaban J connectivity index is 2.62. The third-order valence-corrected chi connectivity index (χ3v) is 2.60. The van der Waals surface area contributed by atoms with Gasteiger partial charge >= 0.3 is 0 Å². The Labute approximate surface area is 75.4 Å². The van der Waals surface area contributed by atoms with Gasteiger partial charge in [-0.2, -0.15) is 0 Å². The highest BCUT2D eigenvalue weighted by molar-refractivity contribution is 7.19. The standard InChI is InChI=1S/C7H11ClN2S/c1-2-3-4-5-6(8)11-7(9)10-5/h2-4H2,1H3,(H2,9,10). The van der Waals surface area contributed by atoms with Gasteiger partial charge in [-0.1, -0.05) is 36.3 Å². The summed E-state index contributed by atoms with van der Waals surface area (Å²) in [5, 5.41) is 0.570. The lowest BCUT2D eigenvalue weighted by molar-refractivity contribution is 0.782. The summed E-state index contributed by atoms with van der Waals surface area (Å²) < 4.78 is 0.746. The van der Waals surface area contributed by atoms with E-state index in [4.69, 9.17) is 17.3 Å². The van der Waals surface area contributed by atoms with Crippen LogP contribution in [-0.4, -0.2) is 4.98 Å². The van der Waals surface area contributed by atoms with E-state index in [9.17, 15) is 0 Å². The van der Waals surface area contributed by atoms with Crippen molar-refractivity contribution in [1.29, 1.82) is 0 Å². The van der Waals surface area contributed by atoms with Crippen LogP contribution in [0.3, 0.4) is 0 Å². The maximum Gasteiger partial charge on any atom is 0.181 e. The van der Waals surface area contributed by atoms with Crippen LogP contribution in [0.1, 0.15) is 25.5 Å². The lowest BCUT2D eigenvalue weighted by atomic mass is 10.2. The minimum absolute atomic E-state index is 0.570. The molecule has 11 heavy (non-hydrogen) atoms. The molecule has 0 aliphatic rings. The second-order valence-electron chi connectivity index (χ2n) is 2.38. The molecule has 2 nitrogen and oxygen atoms in total. The molecule has 0 saturated heterocycles. The first-order chi connectivity index (χ1) is 5.24. The summed E-state index contributed by atoms with van der Waals surface area (Å²) in [5.74, 6) is 0. The summed E-state index contributed by atoms with van der Waals surface area (Å²) in [6.45, 7) is 2.14. The van der Waals surface area contributed by atoms with Gasteiger partial charge in [0, 0.05) is 0 Å². The molecule has 0 aliphatic carbocycles. The summed E-state index contributed by atoms with van der Waals surface area (Å²) >= 11 is 7.21. The van der Waals surface area contributed by atoms with E-state index in [-0.39, 0.29) is 0 Å². The molecule has 0 unspecified atom stereocenters. The van der Waals surface area contributed by atoms with Gasteiger partial charge in [0.15, 0.2) is 5.13 Å². The summed E-state index contributed by atoms with van der Waals surface area (Å²) in [4.78, 5) is 4.11. The number of nitrogens with two attached hydrogens (primary N) is 1. The second kappa shape index (κ2) is 3.93. The molecule has 1 aromatic rings. The molecule has 0 spiro atoms. The molecule has 1 rings (SSSR count). The van der Waals surface area contributed by atoms with Crippen LogP contribution in [0.15, 0.2) is 0 Å². The van der Waals surface area contributed by atoms with Crippen molar-refractivity contribution in [3.8, 4) is 0 Å². The van der Waals surface area contributed by atoms with Crippen LogP contribution >= 0.6 is 22.9 Å². The minimum Gasteiger partial charge on any atom is -0.375 e. The molecule has 0 radical (unpaired) electrons. The molecule has 0 bridgehead atoms. The highest BCUT2D eigenvalue weighted by Crippen LogP contribution is 2.26. The fourth-order valence-corrected chi connectivity index (χ4v) is 1.83. The van der Waals surface area contributed by atoms with Crippen molar-refractivity contribution in [2.75, 3.05) is 5.73 Å². The van der Waals surface area contributed by atoms with Crippen LogP contribution in [0.4, 0.5) is 5.13 Å². The molecule has 0 aliphatic heterocycles. The summed E-state index contributed by atoms with van der Waals surface area (Å²) in [5.41, 5.74) is 6.43. The number of rotatable bonds is 3. The second-order valence-corrected chi connectivity index (χ2v) is 4.01. The van der Waals surface area contributed by atoms with Crippen LogP contribution in [0.25, 0.3) is 0 Å². The van der Waals surface area contributed by atoms with E-state index >= 15 is 0 Å². The van der Waals surface area contributed by atoms with E-state index in [0.717, 1.165) is 29.3 Å². The number of unbranched alkanes of at least 4 members (excludes halogenated alkanes) is 1. The summed E-state index contributed by atoms with van der Waals surface area (Å²) in [6.07, 6.45) is 3.24. The smallest absolute Gasteiger partial charge is 0.181 e. The average Bonchev–Trinajstić information content (AvgIpc) is 2.26. The van der Waals surface area contributed by atoms with Crippen LogP contribution in [0, 0.1) is 0 Å². The van der Waals surface area contributed by atoms with Crippen molar-refractivity contribution >= 4 is 28.1 Å². The quantitative estimate of drug-likeness (QED) is 0.796. The van der Waals surface area contributed by atoms with Gasteiger partial charge in [-0.15, -0.1) is 0 Å². The average molecular weight is 191 g/mol. The lowest BCUT2D eigenvalue weighted by Crippen LogP contribution is -1.87. The van der Waals surface area contributed by atoms with Crippen molar-refractivity contribution in [2.45, 2.75) is 26.2 Å². The van der Waals surface area contributed by atoms with E-state index < -0.39 is 0 Å². The van der Waals surface area contributed by atoms with E-state index in [1.54, 1.807) is 0 Å². The Kier molecular flexibility index (Phi) is 3.15. The molecule has 0 aromatic carbocycles. The van der Waals surface area contributed by atoms with E-state index in [0.29, 0.717) is 5.13 Å². The van der Waals surface area contributed by atoms with Gasteiger partial charge in [0.05, 0.1) is 5.69 Å². The molecule has 62 valence electrons. The van der Waals surface area contributed by atoms with Crippen molar-refractivity contribution in [1.82, 2.24) is 4.98 Å². The van der Waals surface area contributed by atoms with Gasteiger partial charge in [-0.25, -0.2) is 4.98 Å². The normalized spacial score (nSPS) is 10.4. The molecular formula is C7H11ClN2S. The van der Waals surface area contributed by atoms with Gasteiger partial charge in [0.25, 0.3) is 0 Å². The van der Waals surface area contributed by atoms with Crippen LogP contribution in [-0.2, 0) is 6.42 Å². The Bertz CT molecular complexity index is 234. The highest BCUT2D eigenvalue weighted by Gasteiger charge is 2.05. The Hall–Kier alpha value is -0.280. The molecule has 0 atom stereocenters. The van der Waals surface area contributed by atoms with Gasteiger partial charge < -0.3 is 5.73 Å². The number of halogens is 1. The Morgan fingerprint density at radius 1 is 1.64 bits per heavy atom. The fourth-order valence-electron chi connectivity index (χ4n) is 0.849. The first kappa shape index (κ1) is 8.81. The predicted octanol–water partition coefficient (Wildman–Crippen LogP) is 2.72. The minimum atomic E-state index is 0.570. The molecule has 0 amide bonds. The third kappa shape index (κ3) is 2.34. The zero-order chi connectivity index (χ0) is 8.27. The van der Waals surface area contributed by atoms with Crippen LogP contribution < -0.4 is 5.73 Å². The number of anilines is 1. The Morgan fingerprint density at radius 3 is 2.82 bits per heavy atom. The van der Waals surface area contributed by atoms with Crippen LogP contribution in [0.2, 0.25) is 4.34 Å². The first-order valence-electron chi connectivity index (χ1n) is 3.64. The van der Waals surface area contributed by atoms with Gasteiger partial charge in [-0.3, -0.25) is 0 Å². The molecule has 1 aromatic heterocycles. The number of hydrogen-bond acceptors (Lipinski definition) is 3.